The van der Waals surface area contributed by atoms with Gasteiger partial charge in [0.15, 0.2) is 0 Å². The molecule has 0 radical (unpaired) electrons. The van der Waals surface area contributed by atoms with Crippen LogP contribution in [-0.4, -0.2) is 79.0 Å². The summed E-state index contributed by atoms with van der Waals surface area (Å²) in [6.07, 6.45) is 2.05. The third-order valence-corrected chi connectivity index (χ3v) is 5.11. The second-order valence-electron chi connectivity index (χ2n) is 5.86. The monoisotopic (exact) mass is 310 g/mol. The van der Waals surface area contributed by atoms with Gasteiger partial charge in [-0.1, -0.05) is 0 Å². The predicted molar refractivity (Wildman–Crippen MR) is 86.7 cm³/mol. The molecule has 0 N–H and O–H groups in total. The molecule has 1 aromatic rings. The van der Waals surface area contributed by atoms with Gasteiger partial charge in [-0.15, -0.1) is 11.3 Å². The number of hydrogen-bond donors (Lipinski definition) is 0. The zero-order valence-electron chi connectivity index (χ0n) is 13.3. The summed E-state index contributed by atoms with van der Waals surface area (Å²) >= 11 is 1.68. The van der Waals surface area contributed by atoms with E-state index in [1.54, 1.807) is 11.3 Å². The molecular formula is C15H26N4OS. The third-order valence-electron chi connectivity index (χ3n) is 4.12. The molecule has 21 heavy (non-hydrogen) atoms. The topological polar surface area (TPSA) is 39.7 Å². The molecule has 0 atom stereocenters. The minimum atomic E-state index is 0.224. The first-order valence-corrected chi connectivity index (χ1v) is 8.48. The number of aromatic nitrogens is 1. The van der Waals surface area contributed by atoms with Gasteiger partial charge in [0.25, 0.3) is 0 Å². The Hall–Kier alpha value is -0.980. The van der Waals surface area contributed by atoms with E-state index in [9.17, 15) is 4.79 Å². The Kier molecular flexibility index (Phi) is 6.14. The molecule has 5 nitrogen and oxygen atoms in total. The minimum absolute atomic E-state index is 0.224. The lowest BCUT2D eigenvalue weighted by atomic mass is 10.3. The average molecular weight is 310 g/mol. The van der Waals surface area contributed by atoms with Gasteiger partial charge in [-0.3, -0.25) is 9.69 Å². The van der Waals surface area contributed by atoms with Crippen LogP contribution in [0.15, 0.2) is 5.51 Å². The molecule has 6 heteroatoms. The molecule has 0 spiro atoms. The predicted octanol–water partition coefficient (Wildman–Crippen LogP) is 1.09. The quantitative estimate of drug-likeness (QED) is 0.816. The standard InChI is InChI=1S/C15H26N4OS/c1-13-14(21-12-16-13)5-8-18(3)15(20)11-19-7-4-6-17(2)9-10-19/h12H,4-11H2,1-3H3. The Bertz CT molecular complexity index is 462. The first kappa shape index (κ1) is 16.4. The summed E-state index contributed by atoms with van der Waals surface area (Å²) in [6.45, 7) is 7.55. The van der Waals surface area contributed by atoms with Crippen molar-refractivity contribution in [1.82, 2.24) is 19.7 Å². The second-order valence-corrected chi connectivity index (χ2v) is 6.80. The van der Waals surface area contributed by atoms with E-state index < -0.39 is 0 Å². The summed E-state index contributed by atoms with van der Waals surface area (Å²) in [5.74, 6) is 0.224. The van der Waals surface area contributed by atoms with E-state index >= 15 is 0 Å². The smallest absolute Gasteiger partial charge is 0.236 e. The molecule has 1 aliphatic heterocycles. The summed E-state index contributed by atoms with van der Waals surface area (Å²) < 4.78 is 0. The van der Waals surface area contributed by atoms with Crippen molar-refractivity contribution in [3.63, 3.8) is 0 Å². The highest BCUT2D eigenvalue weighted by Gasteiger charge is 2.17. The van der Waals surface area contributed by atoms with Crippen LogP contribution < -0.4 is 0 Å². The number of nitrogens with zero attached hydrogens (tertiary/aromatic N) is 4. The van der Waals surface area contributed by atoms with Crippen LogP contribution in [0, 0.1) is 6.92 Å². The molecule has 1 aliphatic rings. The van der Waals surface area contributed by atoms with Gasteiger partial charge in [-0.25, -0.2) is 4.98 Å². The molecule has 0 bridgehead atoms. The molecule has 1 fully saturated rings. The van der Waals surface area contributed by atoms with Gasteiger partial charge in [0.2, 0.25) is 5.91 Å². The Balaban J connectivity index is 1.75. The number of hydrogen-bond acceptors (Lipinski definition) is 5. The lowest BCUT2D eigenvalue weighted by Gasteiger charge is -2.23. The summed E-state index contributed by atoms with van der Waals surface area (Å²) in [5, 5.41) is 0. The van der Waals surface area contributed by atoms with Crippen molar-refractivity contribution in [2.75, 3.05) is 53.4 Å². The van der Waals surface area contributed by atoms with Crippen molar-refractivity contribution in [1.29, 1.82) is 0 Å². The van der Waals surface area contributed by atoms with Crippen LogP contribution in [0.4, 0.5) is 0 Å². The zero-order valence-corrected chi connectivity index (χ0v) is 14.2. The first-order valence-electron chi connectivity index (χ1n) is 7.60. The number of likely N-dealkylation sites (N-methyl/N-ethyl adjacent to an activating group) is 2. The number of carbonyl (C=O) groups is 1. The molecule has 1 amide bonds. The van der Waals surface area contributed by atoms with Crippen LogP contribution >= 0.6 is 11.3 Å². The first-order chi connectivity index (χ1) is 10.1. The van der Waals surface area contributed by atoms with Crippen LogP contribution in [0.3, 0.4) is 0 Å². The number of thiazole rings is 1. The molecule has 0 aromatic carbocycles. The van der Waals surface area contributed by atoms with Crippen LogP contribution in [0.2, 0.25) is 0 Å². The van der Waals surface area contributed by atoms with Crippen molar-refractivity contribution in [3.8, 4) is 0 Å². The van der Waals surface area contributed by atoms with Gasteiger partial charge >= 0.3 is 0 Å². The van der Waals surface area contributed by atoms with Crippen molar-refractivity contribution in [2.45, 2.75) is 19.8 Å². The fraction of sp³-hybridized carbons (Fsp3) is 0.733. The second kappa shape index (κ2) is 7.87. The van der Waals surface area contributed by atoms with Gasteiger partial charge in [-0.2, -0.15) is 0 Å². The Morgan fingerprint density at radius 1 is 1.38 bits per heavy atom. The van der Waals surface area contributed by atoms with Crippen LogP contribution in [0.5, 0.6) is 0 Å². The van der Waals surface area contributed by atoms with E-state index in [-0.39, 0.29) is 5.91 Å². The highest BCUT2D eigenvalue weighted by atomic mass is 32.1. The van der Waals surface area contributed by atoms with Crippen molar-refractivity contribution in [2.24, 2.45) is 0 Å². The lowest BCUT2D eigenvalue weighted by Crippen LogP contribution is -2.40. The minimum Gasteiger partial charge on any atom is -0.344 e. The molecule has 2 heterocycles. The van der Waals surface area contributed by atoms with Crippen molar-refractivity contribution < 1.29 is 4.79 Å². The van der Waals surface area contributed by atoms with E-state index in [2.05, 4.69) is 21.8 Å². The molecule has 1 saturated heterocycles. The van der Waals surface area contributed by atoms with Gasteiger partial charge in [0, 0.05) is 38.0 Å². The largest absolute Gasteiger partial charge is 0.344 e. The maximum Gasteiger partial charge on any atom is 0.236 e. The van der Waals surface area contributed by atoms with Crippen molar-refractivity contribution in [3.05, 3.63) is 16.1 Å². The van der Waals surface area contributed by atoms with E-state index in [0.29, 0.717) is 6.54 Å². The van der Waals surface area contributed by atoms with E-state index in [1.165, 1.54) is 4.88 Å². The number of carbonyl (C=O) groups excluding carboxylic acids is 1. The molecule has 0 aliphatic carbocycles. The number of aryl methyl sites for hydroxylation is 1. The van der Waals surface area contributed by atoms with E-state index in [4.69, 9.17) is 0 Å². The maximum atomic E-state index is 12.3. The maximum absolute atomic E-state index is 12.3. The van der Waals surface area contributed by atoms with Crippen molar-refractivity contribution >= 4 is 17.2 Å². The van der Waals surface area contributed by atoms with Gasteiger partial charge in [0.05, 0.1) is 17.7 Å². The summed E-state index contributed by atoms with van der Waals surface area (Å²) in [4.78, 5) is 24.3. The molecule has 0 unspecified atom stereocenters. The van der Waals surface area contributed by atoms with E-state index in [0.717, 1.165) is 51.3 Å². The van der Waals surface area contributed by atoms with Gasteiger partial charge in [-0.05, 0) is 33.5 Å². The molecule has 2 rings (SSSR count). The normalized spacial score (nSPS) is 17.7. The zero-order chi connectivity index (χ0) is 15.2. The summed E-state index contributed by atoms with van der Waals surface area (Å²) in [5.41, 5.74) is 2.97. The molecule has 118 valence electrons. The fourth-order valence-electron chi connectivity index (χ4n) is 2.53. The summed E-state index contributed by atoms with van der Waals surface area (Å²) in [7, 11) is 4.05. The molecule has 1 aromatic heterocycles. The molecule has 0 saturated carbocycles. The Morgan fingerprint density at radius 3 is 2.90 bits per heavy atom. The van der Waals surface area contributed by atoms with Gasteiger partial charge in [0.1, 0.15) is 0 Å². The highest BCUT2D eigenvalue weighted by Crippen LogP contribution is 2.13. The SMILES string of the molecule is Cc1ncsc1CCN(C)C(=O)CN1CCCN(C)CC1. The van der Waals surface area contributed by atoms with Crippen LogP contribution in [0.25, 0.3) is 0 Å². The van der Waals surface area contributed by atoms with Crippen LogP contribution in [-0.2, 0) is 11.2 Å². The Labute approximate surface area is 131 Å². The van der Waals surface area contributed by atoms with Gasteiger partial charge < -0.3 is 9.80 Å². The number of amides is 1. The van der Waals surface area contributed by atoms with Crippen LogP contribution in [0.1, 0.15) is 17.0 Å². The lowest BCUT2D eigenvalue weighted by molar-refractivity contribution is -0.131. The molecular weight excluding hydrogens is 284 g/mol. The Morgan fingerprint density at radius 2 is 2.19 bits per heavy atom. The number of rotatable bonds is 5. The summed E-state index contributed by atoms with van der Waals surface area (Å²) in [6, 6.07) is 0. The average Bonchev–Trinajstić information content (AvgIpc) is 2.75. The fourth-order valence-corrected chi connectivity index (χ4v) is 3.30. The third kappa shape index (κ3) is 5.05. The highest BCUT2D eigenvalue weighted by molar-refractivity contribution is 7.09. The van der Waals surface area contributed by atoms with E-state index in [1.807, 2.05) is 24.4 Å².